The Balaban J connectivity index is 1.49. The molecule has 42 heavy (non-hydrogen) atoms. The molecular weight excluding hydrogens is 537 g/mol. The van der Waals surface area contributed by atoms with Gasteiger partial charge in [0, 0.05) is 29.6 Å². The van der Waals surface area contributed by atoms with Gasteiger partial charge in [-0.25, -0.2) is 0 Å². The second kappa shape index (κ2) is 12.3. The summed E-state index contributed by atoms with van der Waals surface area (Å²) >= 11 is 0. The molecule has 5 aromatic rings. The number of benzene rings is 3. The van der Waals surface area contributed by atoms with Crippen molar-refractivity contribution in [3.05, 3.63) is 132 Å². The minimum atomic E-state index is -1.01. The Morgan fingerprint density at radius 1 is 0.929 bits per heavy atom. The van der Waals surface area contributed by atoms with Crippen LogP contribution < -0.4 is 20.1 Å². The van der Waals surface area contributed by atoms with Gasteiger partial charge in [-0.3, -0.25) is 19.5 Å². The van der Waals surface area contributed by atoms with E-state index in [0.717, 1.165) is 17.3 Å². The summed E-state index contributed by atoms with van der Waals surface area (Å²) in [6, 6.07) is 26.1. The zero-order valence-corrected chi connectivity index (χ0v) is 22.9. The van der Waals surface area contributed by atoms with Crippen LogP contribution in [-0.2, 0) is 11.8 Å². The van der Waals surface area contributed by atoms with Crippen LogP contribution in [0, 0.1) is 5.82 Å². The highest BCUT2D eigenvalue weighted by atomic mass is 19.1. The fraction of sp³-hybridized carbons (Fsp3) is 0.125. The third kappa shape index (κ3) is 5.97. The number of pyridine rings is 1. The average Bonchev–Trinajstić information content (AvgIpc) is 3.44. The normalized spacial score (nSPS) is 11.6. The first kappa shape index (κ1) is 28.0. The molecule has 2 heterocycles. The number of carbonyl (C=O) groups is 2. The molecule has 212 valence electrons. The highest BCUT2D eigenvalue weighted by molar-refractivity contribution is 6.01. The number of rotatable bonds is 9. The first-order chi connectivity index (χ1) is 20.4. The van der Waals surface area contributed by atoms with Crippen LogP contribution in [0.1, 0.15) is 27.5 Å². The summed E-state index contributed by atoms with van der Waals surface area (Å²) in [5, 5.41) is 19.6. The van der Waals surface area contributed by atoms with Gasteiger partial charge in [-0.05, 0) is 34.9 Å². The topological polar surface area (TPSA) is 109 Å². The van der Waals surface area contributed by atoms with Crippen molar-refractivity contribution in [1.82, 2.24) is 15.1 Å². The molecule has 0 aliphatic rings. The maximum atomic E-state index is 14.7. The van der Waals surface area contributed by atoms with Gasteiger partial charge in [0.25, 0.3) is 18.3 Å². The van der Waals surface area contributed by atoms with Crippen LogP contribution in [0.2, 0.25) is 0 Å². The van der Waals surface area contributed by atoms with Crippen molar-refractivity contribution < 1.29 is 28.7 Å². The van der Waals surface area contributed by atoms with E-state index in [4.69, 9.17) is 4.74 Å². The maximum Gasteiger partial charge on any atom is 0.270 e. The number of ether oxygens (including phenoxy) is 1. The Morgan fingerprint density at radius 2 is 1.55 bits per heavy atom. The van der Waals surface area contributed by atoms with Crippen molar-refractivity contribution in [2.75, 3.05) is 12.4 Å². The molecule has 2 aromatic heterocycles. The van der Waals surface area contributed by atoms with Crippen LogP contribution >= 0.6 is 0 Å². The van der Waals surface area contributed by atoms with E-state index in [9.17, 15) is 19.2 Å². The summed E-state index contributed by atoms with van der Waals surface area (Å²) in [4.78, 5) is 27.3. The lowest BCUT2D eigenvalue weighted by molar-refractivity contribution is -0.905. The van der Waals surface area contributed by atoms with Crippen molar-refractivity contribution in [2.24, 2.45) is 7.05 Å². The number of aryl methyl sites for hydroxylation is 1. The lowest BCUT2D eigenvalue weighted by atomic mass is 9.84. The number of nitrogens with one attached hydrogen (secondary N) is 2. The molecule has 0 spiro atoms. The van der Waals surface area contributed by atoms with Crippen molar-refractivity contribution >= 4 is 17.5 Å². The third-order valence-electron chi connectivity index (χ3n) is 6.91. The second-order valence-corrected chi connectivity index (χ2v) is 9.59. The summed E-state index contributed by atoms with van der Waals surface area (Å²) in [5.41, 5.74) is 3.08. The molecule has 0 bridgehead atoms. The fourth-order valence-electron chi connectivity index (χ4n) is 4.91. The number of hydrogen-bond acceptors (Lipinski definition) is 5. The summed E-state index contributed by atoms with van der Waals surface area (Å²) in [7, 11) is 3.03. The Kier molecular flexibility index (Phi) is 8.24. The molecule has 10 heteroatoms. The van der Waals surface area contributed by atoms with E-state index in [-0.39, 0.29) is 11.3 Å². The molecule has 5 rings (SSSR count). The fourth-order valence-corrected chi connectivity index (χ4v) is 4.91. The molecule has 0 saturated carbocycles. The maximum absolute atomic E-state index is 14.7. The Bertz CT molecular complexity index is 1650. The van der Waals surface area contributed by atoms with Crippen LogP contribution in [0.3, 0.4) is 0 Å². The van der Waals surface area contributed by atoms with Gasteiger partial charge in [0.15, 0.2) is 5.75 Å². The zero-order valence-electron chi connectivity index (χ0n) is 22.9. The van der Waals surface area contributed by atoms with Gasteiger partial charge in [-0.15, -0.1) is 0 Å². The predicted octanol–water partition coefficient (Wildman–Crippen LogP) is 4.33. The Hall–Kier alpha value is -5.51. The number of aromatic nitrogens is 3. The number of hydrogen-bond donors (Lipinski definition) is 3. The minimum Gasteiger partial charge on any atom is -0.490 e. The van der Waals surface area contributed by atoms with E-state index in [2.05, 4.69) is 15.7 Å². The van der Waals surface area contributed by atoms with Crippen LogP contribution in [-0.4, -0.2) is 40.0 Å². The molecule has 0 fully saturated rings. The van der Waals surface area contributed by atoms with Crippen LogP contribution in [0.15, 0.2) is 110 Å². The first-order valence-corrected chi connectivity index (χ1v) is 13.1. The van der Waals surface area contributed by atoms with Gasteiger partial charge >= 0.3 is 0 Å². The zero-order chi connectivity index (χ0) is 29.6. The summed E-state index contributed by atoms with van der Waals surface area (Å²) < 4.78 is 22.0. The molecule has 9 nitrogen and oxygen atoms in total. The van der Waals surface area contributed by atoms with Crippen molar-refractivity contribution in [3.8, 4) is 16.9 Å². The number of anilines is 1. The van der Waals surface area contributed by atoms with E-state index in [0.29, 0.717) is 21.7 Å². The highest BCUT2D eigenvalue weighted by Crippen LogP contribution is 2.33. The lowest BCUT2D eigenvalue weighted by Gasteiger charge is -2.28. The van der Waals surface area contributed by atoms with Crippen LogP contribution in [0.5, 0.6) is 5.75 Å². The molecule has 0 aliphatic heterocycles. The second-order valence-electron chi connectivity index (χ2n) is 9.59. The SMILES string of the molecule is COc1c[n+](O)cc(F)c1-c1ccc(NC(=O)[C@@H](NC(=O)c2ccnn2C)C(c2ccccc2)c2ccccc2)cc1. The molecule has 2 amide bonds. The van der Waals surface area contributed by atoms with Gasteiger partial charge in [0.1, 0.15) is 11.7 Å². The first-order valence-electron chi connectivity index (χ1n) is 13.1. The third-order valence-corrected chi connectivity index (χ3v) is 6.91. The van der Waals surface area contributed by atoms with Gasteiger partial charge in [-0.2, -0.15) is 9.49 Å². The molecule has 0 saturated heterocycles. The van der Waals surface area contributed by atoms with E-state index in [1.807, 2.05) is 60.7 Å². The number of nitrogens with zero attached hydrogens (tertiary/aromatic N) is 3. The minimum absolute atomic E-state index is 0.140. The molecular formula is C32H29FN5O4+. The van der Waals surface area contributed by atoms with Crippen molar-refractivity contribution in [3.63, 3.8) is 0 Å². The number of methoxy groups -OCH3 is 1. The molecule has 1 atom stereocenters. The number of amides is 2. The monoisotopic (exact) mass is 566 g/mol. The summed E-state index contributed by atoms with van der Waals surface area (Å²) in [5.74, 6) is -1.95. The molecule has 0 unspecified atom stereocenters. The standard InChI is InChI=1S/C32H28FN5O4/c1-37-26(17-18-34-37)31(39)36-30(28(21-9-5-3-6-10-21)22-11-7-4-8-12-22)32(40)35-24-15-13-23(14-16-24)29-25(33)19-38(41)20-27(29)42-2/h3-20,28,30,41H,1-2H3,(H,36,39)/p+1/t30-/m0/s1. The highest BCUT2D eigenvalue weighted by Gasteiger charge is 2.33. The van der Waals surface area contributed by atoms with E-state index in [1.54, 1.807) is 37.4 Å². The van der Waals surface area contributed by atoms with Crippen molar-refractivity contribution in [2.45, 2.75) is 12.0 Å². The predicted molar refractivity (Wildman–Crippen MR) is 154 cm³/mol. The van der Waals surface area contributed by atoms with Gasteiger partial charge in [0.05, 0.1) is 12.7 Å². The largest absolute Gasteiger partial charge is 0.490 e. The van der Waals surface area contributed by atoms with Gasteiger partial charge < -0.3 is 15.4 Å². The quantitative estimate of drug-likeness (QED) is 0.182. The van der Waals surface area contributed by atoms with Crippen LogP contribution in [0.25, 0.3) is 11.1 Å². The van der Waals surface area contributed by atoms with E-state index >= 15 is 0 Å². The number of halogens is 1. The van der Waals surface area contributed by atoms with E-state index in [1.165, 1.54) is 24.2 Å². The van der Waals surface area contributed by atoms with Crippen molar-refractivity contribution in [1.29, 1.82) is 0 Å². The molecule has 3 N–H and O–H groups in total. The summed E-state index contributed by atoms with van der Waals surface area (Å²) in [6.45, 7) is 0. The Morgan fingerprint density at radius 3 is 2.10 bits per heavy atom. The smallest absolute Gasteiger partial charge is 0.270 e. The lowest BCUT2D eigenvalue weighted by Crippen LogP contribution is -2.48. The van der Waals surface area contributed by atoms with Crippen LogP contribution in [0.4, 0.5) is 10.1 Å². The Labute approximate surface area is 241 Å². The van der Waals surface area contributed by atoms with E-state index < -0.39 is 29.6 Å². The molecule has 3 aromatic carbocycles. The molecule has 0 radical (unpaired) electrons. The molecule has 0 aliphatic carbocycles. The van der Waals surface area contributed by atoms with Gasteiger partial charge in [-0.1, -0.05) is 72.8 Å². The van der Waals surface area contributed by atoms with Gasteiger partial charge in [0.2, 0.25) is 11.7 Å². The summed E-state index contributed by atoms with van der Waals surface area (Å²) in [6.07, 6.45) is 3.69. The average molecular weight is 567 g/mol. The number of carbonyl (C=O) groups excluding carboxylic acids is 2.